The number of hydrogen-bond donors (Lipinski definition) is 0. The van der Waals surface area contributed by atoms with Crippen LogP contribution in [0.15, 0.2) is 109 Å². The van der Waals surface area contributed by atoms with Gasteiger partial charge in [-0.15, -0.1) is 69.1 Å². The molecule has 0 bridgehead atoms. The van der Waals surface area contributed by atoms with Gasteiger partial charge in [-0.3, -0.25) is 0 Å². The van der Waals surface area contributed by atoms with Gasteiger partial charge < -0.3 is 0 Å². The molecule has 0 spiro atoms. The second-order valence-electron chi connectivity index (χ2n) is 13.3. The minimum atomic E-state index is -0.826. The monoisotopic (exact) mass is 768 g/mol. The predicted molar refractivity (Wildman–Crippen MR) is 215 cm³/mol. The number of fused-ring (bicyclic) bond motifs is 2. The summed E-state index contributed by atoms with van der Waals surface area (Å²) in [5.41, 5.74) is 10.9. The molecule has 2 radical (unpaired) electrons. The summed E-state index contributed by atoms with van der Waals surface area (Å²) in [5, 5.41) is 5.45. The van der Waals surface area contributed by atoms with E-state index in [0.29, 0.717) is 17.8 Å². The van der Waals surface area contributed by atoms with Gasteiger partial charge in [0.05, 0.1) is 0 Å². The Morgan fingerprint density at radius 2 is 1.06 bits per heavy atom. The van der Waals surface area contributed by atoms with Crippen molar-refractivity contribution in [1.29, 1.82) is 0 Å². The number of benzene rings is 4. The molecule has 0 heterocycles. The Kier molecular flexibility index (Phi) is 17.1. The van der Waals surface area contributed by atoms with Gasteiger partial charge in [0.2, 0.25) is 0 Å². The van der Waals surface area contributed by atoms with Crippen molar-refractivity contribution in [2.75, 3.05) is 0 Å². The number of rotatable bonds is 7. The van der Waals surface area contributed by atoms with Crippen LogP contribution in [0.5, 0.6) is 0 Å². The summed E-state index contributed by atoms with van der Waals surface area (Å²) in [6.45, 7) is 20.0. The Labute approximate surface area is 312 Å². The second kappa shape index (κ2) is 20.5. The van der Waals surface area contributed by atoms with Gasteiger partial charge >= 0.3 is 37.9 Å². The third-order valence-corrected chi connectivity index (χ3v) is 8.74. The fourth-order valence-electron chi connectivity index (χ4n) is 6.13. The average Bonchev–Trinajstić information content (AvgIpc) is 3.69. The van der Waals surface area contributed by atoms with Crippen molar-refractivity contribution < 1.29 is 20.8 Å². The van der Waals surface area contributed by atoms with E-state index in [-0.39, 0.29) is 0 Å². The zero-order valence-electron chi connectivity index (χ0n) is 30.3. The molecule has 0 aliphatic heterocycles. The topological polar surface area (TPSA) is 0 Å². The first-order chi connectivity index (χ1) is 23.1. The number of halogens is 2. The van der Waals surface area contributed by atoms with Gasteiger partial charge in [0.1, 0.15) is 0 Å². The van der Waals surface area contributed by atoms with E-state index >= 15 is 0 Å². The minimum absolute atomic E-state index is 0.584. The summed E-state index contributed by atoms with van der Waals surface area (Å²) < 4.78 is 0. The molecule has 4 heteroatoms. The Bertz CT molecular complexity index is 1790. The number of hydrogen-bond acceptors (Lipinski definition) is 0. The van der Waals surface area contributed by atoms with E-state index in [1.165, 1.54) is 78.9 Å². The maximum atomic E-state index is 4.93. The van der Waals surface area contributed by atoms with Crippen LogP contribution in [0.25, 0.3) is 43.8 Å². The van der Waals surface area contributed by atoms with E-state index in [1.54, 1.807) is 0 Å². The molecule has 0 fully saturated rings. The summed E-state index contributed by atoms with van der Waals surface area (Å²) >= 11 is -0.826. The van der Waals surface area contributed by atoms with Crippen molar-refractivity contribution >= 4 is 48.1 Å². The Balaban J connectivity index is 0.000000227. The van der Waals surface area contributed by atoms with Gasteiger partial charge in [-0.25, -0.2) is 0 Å². The van der Waals surface area contributed by atoms with Crippen molar-refractivity contribution in [2.45, 2.75) is 92.2 Å². The molecule has 0 aliphatic rings. The molecule has 6 rings (SSSR count). The van der Waals surface area contributed by atoms with E-state index in [9.17, 15) is 0 Å². The molecule has 0 N–H and O–H groups in total. The summed E-state index contributed by atoms with van der Waals surface area (Å²) in [6.07, 6.45) is 2.50. The van der Waals surface area contributed by atoms with Gasteiger partial charge in [-0.1, -0.05) is 140 Å². The summed E-state index contributed by atoms with van der Waals surface area (Å²) in [7, 11) is 11.0. The van der Waals surface area contributed by atoms with Crippen LogP contribution in [0.4, 0.5) is 0 Å². The Hall–Kier alpha value is -2.22. The molecule has 6 aromatic rings. The van der Waals surface area contributed by atoms with E-state index < -0.39 is 20.8 Å². The van der Waals surface area contributed by atoms with Crippen LogP contribution in [0, 0.1) is 6.92 Å². The van der Waals surface area contributed by atoms with E-state index in [0.717, 1.165) is 9.52 Å². The molecule has 0 aromatic heterocycles. The van der Waals surface area contributed by atoms with E-state index in [4.69, 9.17) is 17.0 Å². The number of aryl methyl sites for hydroxylation is 1. The van der Waals surface area contributed by atoms with Gasteiger partial charge in [-0.05, 0) is 46.4 Å². The standard InChI is InChI=1S/C23H27.C19H19.C2H6Si.2ClH.Zr/c1-5-7-17(4)21-14-20-8-6-9-22(23(20)15-21)19-12-10-18(11-13-19)16(2)3;1-13(2)15-7-9-16(10-8-15)18-6-4-5-17-11-14(3)12-19(17)18;1-3-2;;;/h6,8-17H,5,7H2,1-4H3;4-13H,1-3H3;1-2H3;2*1H;/q2*-1;;;;+4/p-2. The zero-order chi connectivity index (χ0) is 35.2. The molecule has 250 valence electrons. The van der Waals surface area contributed by atoms with Gasteiger partial charge in [0.25, 0.3) is 0 Å². The third-order valence-electron chi connectivity index (χ3n) is 8.74. The van der Waals surface area contributed by atoms with E-state index in [1.807, 2.05) is 0 Å². The SMILES string of the molecule is CCCC(C)c1cc2c(-c3ccc(C(C)C)cc3)cccc2[cH-]1.C[Si]C.Cc1cc2c(-c3ccc(C(C)C)cc3)cccc2[cH-]1.[Cl][Zr+2][Cl]. The molecule has 0 saturated carbocycles. The molecular weight excluding hydrogens is 719 g/mol. The normalized spacial score (nSPS) is 11.3. The van der Waals surface area contributed by atoms with E-state index in [2.05, 4.69) is 171 Å². The first kappa shape index (κ1) is 40.2. The summed E-state index contributed by atoms with van der Waals surface area (Å²) in [4.78, 5) is 0. The molecule has 0 nitrogen and oxygen atoms in total. The molecule has 0 aliphatic carbocycles. The Morgan fingerprint density at radius 1 is 0.646 bits per heavy atom. The van der Waals surface area contributed by atoms with Crippen LogP contribution in [0.2, 0.25) is 13.1 Å². The summed E-state index contributed by atoms with van der Waals surface area (Å²) in [5.74, 6) is 1.81. The quantitative estimate of drug-likeness (QED) is 0.112. The predicted octanol–water partition coefficient (Wildman–Crippen LogP) is 15.1. The van der Waals surface area contributed by atoms with Crippen LogP contribution < -0.4 is 0 Å². The molecule has 0 amide bonds. The van der Waals surface area contributed by atoms with Crippen molar-refractivity contribution in [1.82, 2.24) is 0 Å². The molecule has 0 saturated heterocycles. The fraction of sp³-hybridized carbons (Fsp3) is 0.318. The van der Waals surface area contributed by atoms with Crippen molar-refractivity contribution in [2.24, 2.45) is 0 Å². The average molecular weight is 771 g/mol. The van der Waals surface area contributed by atoms with Crippen molar-refractivity contribution in [3.8, 4) is 22.3 Å². The molecular formula is C44H52Cl2SiZr. The first-order valence-electron chi connectivity index (χ1n) is 17.2. The van der Waals surface area contributed by atoms with Crippen LogP contribution in [-0.4, -0.2) is 9.52 Å². The molecule has 48 heavy (non-hydrogen) atoms. The van der Waals surface area contributed by atoms with Crippen LogP contribution in [0.1, 0.15) is 94.4 Å². The maximum absolute atomic E-state index is 4.93. The van der Waals surface area contributed by atoms with Crippen LogP contribution in [0.3, 0.4) is 0 Å². The van der Waals surface area contributed by atoms with Crippen molar-refractivity contribution in [3.63, 3.8) is 0 Å². The summed E-state index contributed by atoms with van der Waals surface area (Å²) in [6, 6.07) is 40.6. The van der Waals surface area contributed by atoms with Crippen molar-refractivity contribution in [3.05, 3.63) is 131 Å². The van der Waals surface area contributed by atoms with Gasteiger partial charge in [0.15, 0.2) is 0 Å². The third kappa shape index (κ3) is 11.1. The van der Waals surface area contributed by atoms with Gasteiger partial charge in [0, 0.05) is 9.52 Å². The molecule has 1 atom stereocenters. The van der Waals surface area contributed by atoms with Gasteiger partial charge in [-0.2, -0.15) is 12.1 Å². The van der Waals surface area contributed by atoms with Crippen LogP contribution in [-0.2, 0) is 20.8 Å². The molecule has 6 aromatic carbocycles. The fourth-order valence-corrected chi connectivity index (χ4v) is 6.13. The zero-order valence-corrected chi connectivity index (χ0v) is 35.3. The molecule has 1 unspecified atom stereocenters. The van der Waals surface area contributed by atoms with Crippen LogP contribution >= 0.6 is 17.0 Å². The first-order valence-corrected chi connectivity index (χ1v) is 25.5. The Morgan fingerprint density at radius 3 is 1.48 bits per heavy atom. The second-order valence-corrected chi connectivity index (χ2v) is 18.0.